The van der Waals surface area contributed by atoms with Gasteiger partial charge < -0.3 is 95.9 Å². The summed E-state index contributed by atoms with van der Waals surface area (Å²) in [6.45, 7) is 6.40. The van der Waals surface area contributed by atoms with Crippen LogP contribution in [-0.2, 0) is 88.0 Å². The predicted octanol–water partition coefficient (Wildman–Crippen LogP) is 2.20. The Hall–Kier alpha value is -11.7. The van der Waals surface area contributed by atoms with Crippen molar-refractivity contribution < 1.29 is 62.3 Å². The summed E-state index contributed by atoms with van der Waals surface area (Å²) < 4.78 is 0. The van der Waals surface area contributed by atoms with E-state index >= 15 is 33.6 Å². The maximum Gasteiger partial charge on any atom is 0.245 e. The number of para-hydroxylation sites is 2. The van der Waals surface area contributed by atoms with Gasteiger partial charge in [0.2, 0.25) is 76.8 Å². The lowest BCUT2D eigenvalue weighted by molar-refractivity contribution is -0.144. The molecule has 115 heavy (non-hydrogen) atoms. The summed E-state index contributed by atoms with van der Waals surface area (Å²) in [6.07, 6.45) is 7.47. The average Bonchev–Trinajstić information content (AvgIpc) is 1.71. The van der Waals surface area contributed by atoms with Crippen molar-refractivity contribution in [2.45, 2.75) is 228 Å². The number of rotatable bonds is 43. The van der Waals surface area contributed by atoms with Crippen LogP contribution < -0.4 is 76.1 Å². The number of aromatic amines is 2. The van der Waals surface area contributed by atoms with E-state index in [4.69, 9.17) is 28.3 Å². The number of nitrogens with zero attached hydrogens (tertiary/aromatic N) is 2. The highest BCUT2D eigenvalue weighted by Gasteiger charge is 2.45. The number of carbonyl (C=O) groups excluding carboxylic acids is 13. The average molecular weight is 1580 g/mol. The van der Waals surface area contributed by atoms with Gasteiger partial charge >= 0.3 is 0 Å². The normalized spacial score (nSPS) is 17.2. The molecule has 0 spiro atoms. The molecule has 0 radical (unpaired) electrons. The van der Waals surface area contributed by atoms with E-state index in [0.717, 1.165) is 10.9 Å². The lowest BCUT2D eigenvalue weighted by Crippen LogP contribution is -2.62. The number of nitrogens with one attached hydrogen (secondary N) is 13. The molecule has 32 nitrogen and oxygen atoms in total. The predicted molar refractivity (Wildman–Crippen MR) is 433 cm³/mol. The molecule has 6 aromatic rings. The van der Waals surface area contributed by atoms with E-state index in [1.54, 1.807) is 79.1 Å². The first-order valence-electron chi connectivity index (χ1n) is 40.1. The van der Waals surface area contributed by atoms with Crippen LogP contribution in [0.2, 0.25) is 0 Å². The molecule has 4 aromatic carbocycles. The molecule has 1 aliphatic carbocycles. The first-order chi connectivity index (χ1) is 55.2. The number of likely N-dealkylation sites (tertiary alicyclic amines) is 2. The van der Waals surface area contributed by atoms with Crippen LogP contribution in [0.5, 0.6) is 0 Å². The molecule has 0 unspecified atom stereocenters. The number of amides is 13. The Morgan fingerprint density at radius 3 is 1.39 bits per heavy atom. The van der Waals surface area contributed by atoms with Gasteiger partial charge in [-0.15, -0.1) is 0 Å². The molecule has 9 rings (SSSR count). The van der Waals surface area contributed by atoms with Crippen LogP contribution in [0.3, 0.4) is 0 Å². The summed E-state index contributed by atoms with van der Waals surface area (Å²) in [5.41, 5.74) is 25.5. The van der Waals surface area contributed by atoms with E-state index in [1.165, 1.54) is 9.80 Å². The highest BCUT2D eigenvalue weighted by Crippen LogP contribution is 2.31. The zero-order valence-electron chi connectivity index (χ0n) is 65.8. The Balaban J connectivity index is 0.967. The standard InChI is InChI=1S/C83H113N19O13/c1-4-22-70(104)92-60(32-19-40-89-82(87)88)79(113)101-41-20-33-67(101)77(111)94-61(31-15-18-39-84)80(114)102-42-21-34-68(102)78(112)99-64(45-52-25-9-6-10-26-52)72(106)93-59(35-36-69(85)103)71(105)97-65(46-53-48-90-57-29-13-11-27-55(53)57)75(109)96-63(44-51-23-7-5-8-24-51)73(107)98-66(47-54-49-91-58-30-14-12-28-56(54)58)74(108)95-62(43-50(2)3)76(110)100-83(81(86)115)37-16-17-38-83/h5-14,23-30,48-50,59-68,90-91H,4,15-22,31-47,84H2,1-3H3,(H2,85,103)(H2,86,115)(H,92,104)(H,93,106)(H,94,111)(H,95,108)(H,96,109)(H,97,105)(H,98,107)(H,99,112)(H,100,110)(H4,87,88,89)/t59-,60+,61-,62-,63-,64+,65+,66+,67-,68-/m0/s1. The SMILES string of the molecule is CCCC(=O)N[C@H](CCCNC(=N)N)C(=O)N1CCC[C@H]1C(=O)N[C@@H](CCCCN)C(=O)N1CCC[C@H]1C(=O)N[C@H](Cc1ccccc1)C(=O)N[C@@H](CCC(N)=O)C(=O)N[C@H](Cc1c[nH]c2ccccc12)C(=O)N[C@@H](Cc1ccccc1)C(=O)N[C@H](Cc1c[nH]c2ccccc12)C(=O)N[C@@H](CC(C)C)C(=O)NC1(C(N)=O)CCCC1. The van der Waals surface area contributed by atoms with Gasteiger partial charge in [-0.2, -0.15) is 0 Å². The van der Waals surface area contributed by atoms with E-state index in [2.05, 4.69) is 63.1 Å². The Morgan fingerprint density at radius 2 is 0.922 bits per heavy atom. The van der Waals surface area contributed by atoms with Gasteiger partial charge in [-0.3, -0.25) is 67.7 Å². The second-order valence-corrected chi connectivity index (χ2v) is 30.7. The first kappa shape index (κ1) is 87.3. The third-order valence-corrected chi connectivity index (χ3v) is 21.6. The minimum atomic E-state index is -1.63. The molecule has 3 aliphatic rings. The number of hydrogen-bond donors (Lipinski definition) is 17. The zero-order valence-corrected chi connectivity index (χ0v) is 65.8. The van der Waals surface area contributed by atoms with E-state index < -0.39 is 150 Å². The fraction of sp³-hybridized carbons (Fsp3) is 0.494. The molecule has 3 fully saturated rings. The minimum Gasteiger partial charge on any atom is -0.370 e. The van der Waals surface area contributed by atoms with Crippen molar-refractivity contribution in [1.29, 1.82) is 5.41 Å². The van der Waals surface area contributed by atoms with Gasteiger partial charge in [-0.1, -0.05) is 131 Å². The molecule has 4 heterocycles. The fourth-order valence-electron chi connectivity index (χ4n) is 15.5. The smallest absolute Gasteiger partial charge is 0.245 e. The number of aromatic nitrogens is 2. The first-order valence-corrected chi connectivity index (χ1v) is 40.1. The fourth-order valence-corrected chi connectivity index (χ4v) is 15.5. The molecule has 2 aromatic heterocycles. The number of guanidine groups is 1. The number of nitrogens with two attached hydrogens (primary N) is 4. The van der Waals surface area contributed by atoms with Crippen LogP contribution >= 0.6 is 0 Å². The molecule has 0 bridgehead atoms. The third kappa shape index (κ3) is 24.7. The Kier molecular flexibility index (Phi) is 32.2. The van der Waals surface area contributed by atoms with Gasteiger partial charge in [0.1, 0.15) is 66.0 Å². The van der Waals surface area contributed by atoms with Crippen molar-refractivity contribution in [2.24, 2.45) is 28.9 Å². The minimum absolute atomic E-state index is 0.0909. The van der Waals surface area contributed by atoms with Gasteiger partial charge in [-0.05, 0) is 137 Å². The van der Waals surface area contributed by atoms with Gasteiger partial charge in [0, 0.05) is 92.4 Å². The molecule has 21 N–H and O–H groups in total. The molecule has 10 atom stereocenters. The second-order valence-electron chi connectivity index (χ2n) is 30.7. The molecule has 13 amide bonds. The highest BCUT2D eigenvalue weighted by atomic mass is 16.2. The number of benzene rings is 4. The van der Waals surface area contributed by atoms with Crippen LogP contribution in [0, 0.1) is 11.3 Å². The second kappa shape index (κ2) is 42.4. The van der Waals surface area contributed by atoms with Gasteiger partial charge in [-0.25, -0.2) is 0 Å². The summed E-state index contributed by atoms with van der Waals surface area (Å²) in [6, 6.07) is 18.9. The number of primary amides is 2. The van der Waals surface area contributed by atoms with Crippen molar-refractivity contribution >= 4 is 105 Å². The number of unbranched alkanes of at least 4 members (excludes halogenated alkanes) is 1. The van der Waals surface area contributed by atoms with Crippen LogP contribution in [0.1, 0.15) is 159 Å². The summed E-state index contributed by atoms with van der Waals surface area (Å²) >= 11 is 0. The van der Waals surface area contributed by atoms with E-state index in [-0.39, 0.29) is 108 Å². The van der Waals surface area contributed by atoms with E-state index in [9.17, 15) is 28.8 Å². The molecule has 1 saturated carbocycles. The maximum absolute atomic E-state index is 15.6. The Bertz CT molecular complexity index is 4390. The van der Waals surface area contributed by atoms with Crippen LogP contribution in [-0.4, -0.2) is 195 Å². The molecule has 618 valence electrons. The maximum atomic E-state index is 15.6. The summed E-state index contributed by atoms with van der Waals surface area (Å²) in [5.74, 6) is -9.62. The van der Waals surface area contributed by atoms with E-state index in [1.807, 2.05) is 63.2 Å². The van der Waals surface area contributed by atoms with Crippen LogP contribution in [0.25, 0.3) is 21.8 Å². The van der Waals surface area contributed by atoms with Crippen molar-refractivity contribution in [1.82, 2.24) is 72.9 Å². The number of carbonyl (C=O) groups is 13. The number of H-pyrrole nitrogens is 2. The zero-order chi connectivity index (χ0) is 82.7. The Labute approximate surface area is 669 Å². The lowest BCUT2D eigenvalue weighted by atomic mass is 9.94. The summed E-state index contributed by atoms with van der Waals surface area (Å²) in [5, 5.41) is 37.4. The van der Waals surface area contributed by atoms with Crippen molar-refractivity contribution in [3.05, 3.63) is 144 Å². The largest absolute Gasteiger partial charge is 0.370 e. The van der Waals surface area contributed by atoms with Crippen molar-refractivity contribution in [3.63, 3.8) is 0 Å². The highest BCUT2D eigenvalue weighted by molar-refractivity contribution is 6.01. The summed E-state index contributed by atoms with van der Waals surface area (Å²) in [4.78, 5) is 198. The van der Waals surface area contributed by atoms with Gasteiger partial charge in [0.05, 0.1) is 0 Å². The number of fused-ring (bicyclic) bond motifs is 2. The molecular formula is C83H113N19O13. The van der Waals surface area contributed by atoms with E-state index in [0.29, 0.717) is 97.4 Å². The van der Waals surface area contributed by atoms with Crippen molar-refractivity contribution in [2.75, 3.05) is 26.2 Å². The number of hydrogen-bond acceptors (Lipinski definition) is 15. The third-order valence-electron chi connectivity index (χ3n) is 21.6. The molecule has 2 aliphatic heterocycles. The lowest BCUT2D eigenvalue weighted by Gasteiger charge is -2.32. The molecule has 2 saturated heterocycles. The van der Waals surface area contributed by atoms with Gasteiger partial charge in [0.25, 0.3) is 0 Å². The monoisotopic (exact) mass is 1580 g/mol. The van der Waals surface area contributed by atoms with Gasteiger partial charge in [0.15, 0.2) is 5.96 Å². The molecule has 32 heteroatoms. The Morgan fingerprint density at radius 1 is 0.487 bits per heavy atom. The summed E-state index contributed by atoms with van der Waals surface area (Å²) in [7, 11) is 0. The topological polar surface area (TPSA) is 508 Å². The quantitative estimate of drug-likeness (QED) is 0.0148. The van der Waals surface area contributed by atoms with Crippen LogP contribution in [0.15, 0.2) is 122 Å². The molecular weight excluding hydrogens is 1470 g/mol. The van der Waals surface area contributed by atoms with Crippen molar-refractivity contribution in [3.8, 4) is 0 Å². The van der Waals surface area contributed by atoms with Crippen LogP contribution in [0.4, 0.5) is 0 Å².